The van der Waals surface area contributed by atoms with Gasteiger partial charge in [-0.25, -0.2) is 14.7 Å². The Balaban J connectivity index is 1.33. The van der Waals surface area contributed by atoms with Gasteiger partial charge in [0.25, 0.3) is 5.91 Å². The number of amides is 2. The van der Waals surface area contributed by atoms with Gasteiger partial charge in [-0.1, -0.05) is 48.5 Å². The van der Waals surface area contributed by atoms with Crippen LogP contribution in [0.2, 0.25) is 0 Å². The summed E-state index contributed by atoms with van der Waals surface area (Å²) in [6, 6.07) is 17.7. The first-order valence-corrected chi connectivity index (χ1v) is 10.6. The van der Waals surface area contributed by atoms with Crippen molar-refractivity contribution in [1.82, 2.24) is 20.2 Å². The van der Waals surface area contributed by atoms with Crippen molar-refractivity contribution in [3.63, 3.8) is 0 Å². The molecule has 10 heteroatoms. The average Bonchev–Trinajstić information content (AvgIpc) is 3.37. The van der Waals surface area contributed by atoms with Crippen molar-refractivity contribution < 1.29 is 29.1 Å². The van der Waals surface area contributed by atoms with Crippen molar-refractivity contribution in [2.75, 3.05) is 20.3 Å². The van der Waals surface area contributed by atoms with Gasteiger partial charge in [0.05, 0.1) is 12.2 Å². The van der Waals surface area contributed by atoms with Gasteiger partial charge in [-0.3, -0.25) is 14.3 Å². The number of carbonyl (C=O) groups excluding carboxylic acids is 2. The number of alkyl carbamates (subject to hydrolysis) is 1. The molecule has 2 aromatic carbocycles. The number of carbonyl (C=O) groups is 3. The van der Waals surface area contributed by atoms with E-state index in [2.05, 4.69) is 22.5 Å². The van der Waals surface area contributed by atoms with Crippen LogP contribution in [0.1, 0.15) is 33.2 Å². The Bertz CT molecular complexity index is 1190. The number of carboxylic acids is 1. The van der Waals surface area contributed by atoms with Crippen molar-refractivity contribution in [1.29, 1.82) is 0 Å². The second kappa shape index (κ2) is 9.75. The lowest BCUT2D eigenvalue weighted by Crippen LogP contribution is -2.30. The van der Waals surface area contributed by atoms with Crippen molar-refractivity contribution >= 4 is 18.0 Å². The largest absolute Gasteiger partial charge is 0.479 e. The minimum absolute atomic E-state index is 0.0430. The van der Waals surface area contributed by atoms with Gasteiger partial charge in [-0.05, 0) is 28.3 Å². The maximum absolute atomic E-state index is 12.4. The number of hydrogen-bond acceptors (Lipinski definition) is 6. The zero-order valence-electron chi connectivity index (χ0n) is 18.7. The van der Waals surface area contributed by atoms with E-state index in [1.165, 1.54) is 17.8 Å². The molecule has 34 heavy (non-hydrogen) atoms. The van der Waals surface area contributed by atoms with E-state index in [4.69, 9.17) is 14.7 Å². The van der Waals surface area contributed by atoms with E-state index in [9.17, 15) is 14.4 Å². The third kappa shape index (κ3) is 4.76. The first-order chi connectivity index (χ1) is 16.3. The number of hydrogen-bond donors (Lipinski definition) is 2. The lowest BCUT2D eigenvalue weighted by atomic mass is 9.98. The minimum Gasteiger partial charge on any atom is -0.479 e. The molecule has 0 saturated carbocycles. The van der Waals surface area contributed by atoms with Gasteiger partial charge < -0.3 is 15.2 Å². The number of hydroxylamine groups is 2. The second-order valence-corrected chi connectivity index (χ2v) is 7.79. The lowest BCUT2D eigenvalue weighted by molar-refractivity contribution is -0.159. The molecule has 0 bridgehead atoms. The van der Waals surface area contributed by atoms with E-state index < -0.39 is 24.6 Å². The summed E-state index contributed by atoms with van der Waals surface area (Å²) in [4.78, 5) is 40.3. The van der Waals surface area contributed by atoms with E-state index >= 15 is 0 Å². The van der Waals surface area contributed by atoms with Gasteiger partial charge >= 0.3 is 12.1 Å². The Labute approximate surface area is 195 Å². The summed E-state index contributed by atoms with van der Waals surface area (Å²) < 4.78 is 6.83. The predicted octanol–water partition coefficient (Wildman–Crippen LogP) is 2.55. The molecule has 0 aliphatic heterocycles. The number of nitrogens with one attached hydrogen (secondary N) is 1. The molecule has 0 unspecified atom stereocenters. The van der Waals surface area contributed by atoms with Crippen LogP contribution in [0.15, 0.2) is 54.6 Å². The van der Waals surface area contributed by atoms with Crippen molar-refractivity contribution in [2.45, 2.75) is 12.5 Å². The molecular weight excluding hydrogens is 440 g/mol. The Morgan fingerprint density at radius 1 is 1.09 bits per heavy atom. The minimum atomic E-state index is -1.20. The van der Waals surface area contributed by atoms with E-state index in [0.717, 1.165) is 27.3 Å². The lowest BCUT2D eigenvalue weighted by Gasteiger charge is -2.15. The first kappa shape index (κ1) is 23.0. The van der Waals surface area contributed by atoms with Gasteiger partial charge in [0.2, 0.25) is 0 Å². The van der Waals surface area contributed by atoms with Crippen molar-refractivity contribution in [3.8, 4) is 11.1 Å². The normalized spacial score (nSPS) is 12.1. The monoisotopic (exact) mass is 464 g/mol. The van der Waals surface area contributed by atoms with Gasteiger partial charge in [-0.2, -0.15) is 5.10 Å². The molecule has 0 atom stereocenters. The molecule has 3 aromatic rings. The molecule has 176 valence electrons. The van der Waals surface area contributed by atoms with E-state index in [0.29, 0.717) is 5.69 Å². The molecule has 0 saturated heterocycles. The molecule has 4 rings (SSSR count). The summed E-state index contributed by atoms with van der Waals surface area (Å²) in [5.74, 6) is -1.81. The third-order valence-electron chi connectivity index (χ3n) is 5.57. The van der Waals surface area contributed by atoms with E-state index in [-0.39, 0.29) is 24.8 Å². The number of ether oxygens (including phenoxy) is 1. The van der Waals surface area contributed by atoms with Crippen LogP contribution < -0.4 is 5.32 Å². The van der Waals surface area contributed by atoms with Gasteiger partial charge in [0, 0.05) is 20.0 Å². The van der Waals surface area contributed by atoms with E-state index in [1.54, 1.807) is 7.05 Å². The highest BCUT2D eigenvalue weighted by Crippen LogP contribution is 2.44. The predicted molar refractivity (Wildman–Crippen MR) is 121 cm³/mol. The fourth-order valence-electron chi connectivity index (χ4n) is 4.00. The SMILES string of the molecule is CN(OCC(=O)O)C(=O)c1cc(CNC(=O)OCC2c3ccccc3-c3ccccc32)nn1C. The van der Waals surface area contributed by atoms with Crippen LogP contribution in [0.5, 0.6) is 0 Å². The van der Waals surface area contributed by atoms with Gasteiger partial charge in [-0.15, -0.1) is 0 Å². The summed E-state index contributed by atoms with van der Waals surface area (Å²) in [5, 5.41) is 16.4. The molecule has 1 heterocycles. The number of aryl methyl sites for hydroxylation is 1. The second-order valence-electron chi connectivity index (χ2n) is 7.79. The number of nitrogens with zero attached hydrogens (tertiary/aromatic N) is 3. The number of benzene rings is 2. The number of fused-ring (bicyclic) bond motifs is 3. The van der Waals surface area contributed by atoms with E-state index in [1.807, 2.05) is 36.4 Å². The van der Waals surface area contributed by atoms with Crippen LogP contribution in [0.25, 0.3) is 11.1 Å². The number of aromatic nitrogens is 2. The third-order valence-corrected chi connectivity index (χ3v) is 5.57. The van der Waals surface area contributed by atoms with Crippen LogP contribution in [0, 0.1) is 0 Å². The summed E-state index contributed by atoms with van der Waals surface area (Å²) in [7, 11) is 2.88. The highest BCUT2D eigenvalue weighted by molar-refractivity contribution is 5.92. The molecule has 0 radical (unpaired) electrons. The summed E-state index contributed by atoms with van der Waals surface area (Å²) in [6.45, 7) is -0.398. The fraction of sp³-hybridized carbons (Fsp3) is 0.250. The Morgan fingerprint density at radius 3 is 2.32 bits per heavy atom. The Hall–Kier alpha value is -4.18. The molecule has 1 aromatic heterocycles. The maximum atomic E-state index is 12.4. The molecule has 2 amide bonds. The number of carboxylic acid groups (broad SMARTS) is 1. The summed E-state index contributed by atoms with van der Waals surface area (Å²) in [6.07, 6.45) is -0.595. The fourth-order valence-corrected chi connectivity index (χ4v) is 4.00. The van der Waals surface area contributed by atoms with Crippen LogP contribution in [-0.4, -0.2) is 58.2 Å². The van der Waals surface area contributed by atoms with Crippen LogP contribution >= 0.6 is 0 Å². The van der Waals surface area contributed by atoms with Crippen LogP contribution in [0.3, 0.4) is 0 Å². The van der Waals surface area contributed by atoms with Crippen molar-refractivity contribution in [2.24, 2.45) is 7.05 Å². The molecule has 2 N–H and O–H groups in total. The van der Waals surface area contributed by atoms with Crippen molar-refractivity contribution in [3.05, 3.63) is 77.1 Å². The smallest absolute Gasteiger partial charge is 0.407 e. The van der Waals surface area contributed by atoms with Crippen LogP contribution in [-0.2, 0) is 28.0 Å². The Kier molecular flexibility index (Phi) is 6.60. The zero-order chi connectivity index (χ0) is 24.2. The molecule has 0 spiro atoms. The Morgan fingerprint density at radius 2 is 1.71 bits per heavy atom. The number of rotatable bonds is 8. The van der Waals surface area contributed by atoms with Crippen LogP contribution in [0.4, 0.5) is 4.79 Å². The highest BCUT2D eigenvalue weighted by Gasteiger charge is 2.29. The quantitative estimate of drug-likeness (QED) is 0.491. The maximum Gasteiger partial charge on any atom is 0.407 e. The topological polar surface area (TPSA) is 123 Å². The molecule has 1 aliphatic rings. The molecule has 10 nitrogen and oxygen atoms in total. The van der Waals surface area contributed by atoms with Gasteiger partial charge in [0.15, 0.2) is 6.61 Å². The summed E-state index contributed by atoms with van der Waals surface area (Å²) >= 11 is 0. The summed E-state index contributed by atoms with van der Waals surface area (Å²) in [5.41, 5.74) is 5.16. The van der Waals surface area contributed by atoms with Gasteiger partial charge in [0.1, 0.15) is 12.3 Å². The highest BCUT2D eigenvalue weighted by atomic mass is 16.7. The number of aliphatic carboxylic acids is 1. The standard InChI is InChI=1S/C24H24N4O6/c1-27-21(23(31)28(2)34-14-22(29)30)11-15(26-27)12-25-24(32)33-13-20-18-9-5-3-7-16(18)17-8-4-6-10-19(17)20/h3-11,20H,12-14H2,1-2H3,(H,25,32)(H,29,30). The average molecular weight is 464 g/mol. The molecule has 0 fully saturated rings. The molecular formula is C24H24N4O6. The molecule has 1 aliphatic carbocycles. The first-order valence-electron chi connectivity index (χ1n) is 10.6. The zero-order valence-corrected chi connectivity index (χ0v) is 18.7.